The van der Waals surface area contributed by atoms with E-state index in [-0.39, 0.29) is 17.2 Å². The average Bonchev–Trinajstić information content (AvgIpc) is 3.06. The molecule has 2 aromatic rings. The molecule has 2 rings (SSSR count). The van der Waals surface area contributed by atoms with Crippen molar-refractivity contribution in [3.8, 4) is 11.3 Å². The van der Waals surface area contributed by atoms with E-state index >= 15 is 0 Å². The van der Waals surface area contributed by atoms with Crippen LogP contribution in [0.1, 0.15) is 44.7 Å². The summed E-state index contributed by atoms with van der Waals surface area (Å²) >= 11 is 3.29. The van der Waals surface area contributed by atoms with E-state index in [1.807, 2.05) is 31.4 Å². The van der Waals surface area contributed by atoms with Crippen LogP contribution in [0.4, 0.5) is 0 Å². The Hall–Kier alpha value is -1.40. The van der Waals surface area contributed by atoms with Gasteiger partial charge in [-0.05, 0) is 38.2 Å². The highest BCUT2D eigenvalue weighted by molar-refractivity contribution is 8.00. The fourth-order valence-corrected chi connectivity index (χ4v) is 3.88. The first-order valence-electron chi connectivity index (χ1n) is 7.89. The third-order valence-electron chi connectivity index (χ3n) is 3.46. The quantitative estimate of drug-likeness (QED) is 0.722. The second kappa shape index (κ2) is 9.03. The third kappa shape index (κ3) is 5.32. The number of thioether (sulfide) groups is 1. The van der Waals surface area contributed by atoms with Gasteiger partial charge in [-0.2, -0.15) is 0 Å². The van der Waals surface area contributed by atoms with Crippen molar-refractivity contribution < 1.29 is 4.79 Å². The Morgan fingerprint density at radius 3 is 2.78 bits per heavy atom. The summed E-state index contributed by atoms with van der Waals surface area (Å²) in [5, 5.41) is 5.99. The Labute approximate surface area is 146 Å². The van der Waals surface area contributed by atoms with E-state index in [0.717, 1.165) is 34.9 Å². The van der Waals surface area contributed by atoms with Crippen molar-refractivity contribution in [3.05, 3.63) is 34.9 Å². The number of nitrogens with one attached hydrogen (secondary N) is 1. The van der Waals surface area contributed by atoms with Crippen LogP contribution in [0.5, 0.6) is 0 Å². The Bertz CT molecular complexity index is 615. The fraction of sp³-hybridized carbons (Fsp3) is 0.471. The molecular weight excluding hydrogens is 326 g/mol. The molecule has 0 aliphatic carbocycles. The van der Waals surface area contributed by atoms with Crippen molar-refractivity contribution in [2.75, 3.05) is 5.75 Å². The molecule has 6 heteroatoms. The van der Waals surface area contributed by atoms with Gasteiger partial charge in [0.1, 0.15) is 5.01 Å². The van der Waals surface area contributed by atoms with E-state index < -0.39 is 0 Å². The second-order valence-electron chi connectivity index (χ2n) is 5.40. The van der Waals surface area contributed by atoms with Gasteiger partial charge < -0.3 is 5.32 Å². The molecule has 0 saturated carbocycles. The van der Waals surface area contributed by atoms with Crippen LogP contribution >= 0.6 is 23.1 Å². The number of amides is 1. The highest BCUT2D eigenvalue weighted by Crippen LogP contribution is 2.25. The molecule has 1 amide bonds. The van der Waals surface area contributed by atoms with Gasteiger partial charge in [0.15, 0.2) is 0 Å². The minimum absolute atomic E-state index is 0.0244. The molecule has 2 atom stereocenters. The van der Waals surface area contributed by atoms with Crippen LogP contribution in [0, 0.1) is 0 Å². The number of carbonyl (C=O) groups is 1. The van der Waals surface area contributed by atoms with E-state index in [0.29, 0.717) is 0 Å². The van der Waals surface area contributed by atoms with Gasteiger partial charge in [0.2, 0.25) is 5.91 Å². The summed E-state index contributed by atoms with van der Waals surface area (Å²) in [6, 6.07) is 3.81. The molecule has 2 heterocycles. The zero-order chi connectivity index (χ0) is 16.7. The van der Waals surface area contributed by atoms with Crippen molar-refractivity contribution in [1.82, 2.24) is 15.3 Å². The maximum absolute atomic E-state index is 12.2. The molecule has 23 heavy (non-hydrogen) atoms. The summed E-state index contributed by atoms with van der Waals surface area (Å²) < 4.78 is 0. The monoisotopic (exact) mass is 349 g/mol. The zero-order valence-corrected chi connectivity index (χ0v) is 15.4. The van der Waals surface area contributed by atoms with Crippen LogP contribution in [0.3, 0.4) is 0 Å². The number of hydrogen-bond acceptors (Lipinski definition) is 5. The lowest BCUT2D eigenvalue weighted by Crippen LogP contribution is -2.33. The first kappa shape index (κ1) is 17.9. The van der Waals surface area contributed by atoms with Gasteiger partial charge in [-0.15, -0.1) is 23.1 Å². The maximum Gasteiger partial charge on any atom is 0.233 e. The molecule has 0 aliphatic heterocycles. The summed E-state index contributed by atoms with van der Waals surface area (Å²) in [5.74, 6) is 1.11. The number of carbonyl (C=O) groups excluding carboxylic acids is 1. The van der Waals surface area contributed by atoms with Crippen LogP contribution in [-0.2, 0) is 4.79 Å². The lowest BCUT2D eigenvalue weighted by atomic mass is 10.2. The highest BCUT2D eigenvalue weighted by atomic mass is 32.2. The number of rotatable bonds is 8. The predicted molar refractivity (Wildman–Crippen MR) is 98.7 cm³/mol. The lowest BCUT2D eigenvalue weighted by Gasteiger charge is -2.15. The van der Waals surface area contributed by atoms with E-state index in [1.54, 1.807) is 35.5 Å². The zero-order valence-electron chi connectivity index (χ0n) is 13.8. The molecule has 0 aromatic carbocycles. The van der Waals surface area contributed by atoms with Crippen molar-refractivity contribution in [2.24, 2.45) is 0 Å². The molecule has 0 fully saturated rings. The van der Waals surface area contributed by atoms with Crippen LogP contribution < -0.4 is 5.32 Å². The molecule has 1 N–H and O–H groups in total. The normalized spacial score (nSPS) is 13.5. The van der Waals surface area contributed by atoms with Crippen LogP contribution in [0.15, 0.2) is 29.9 Å². The topological polar surface area (TPSA) is 54.9 Å². The van der Waals surface area contributed by atoms with Crippen molar-refractivity contribution in [3.63, 3.8) is 0 Å². The van der Waals surface area contributed by atoms with E-state index in [9.17, 15) is 4.79 Å². The lowest BCUT2D eigenvalue weighted by molar-refractivity contribution is -0.120. The van der Waals surface area contributed by atoms with Crippen LogP contribution in [-0.4, -0.2) is 26.9 Å². The van der Waals surface area contributed by atoms with Crippen molar-refractivity contribution >= 4 is 29.0 Å². The van der Waals surface area contributed by atoms with Gasteiger partial charge in [0.05, 0.1) is 17.0 Å². The number of pyridine rings is 1. The number of thiazole rings is 1. The molecule has 2 aromatic heterocycles. The number of aromatic nitrogens is 2. The molecule has 0 aliphatic rings. The first-order chi connectivity index (χ1) is 11.1. The number of hydrogen-bond donors (Lipinski definition) is 1. The summed E-state index contributed by atoms with van der Waals surface area (Å²) in [6.07, 6.45) is 5.83. The maximum atomic E-state index is 12.2. The SMILES string of the molecule is CCCCS[C@H](C)C(=O)N[C@H](C)c1nc(-c2ccncc2)cs1. The summed E-state index contributed by atoms with van der Waals surface area (Å²) in [7, 11) is 0. The van der Waals surface area contributed by atoms with Gasteiger partial charge in [0, 0.05) is 23.3 Å². The number of unbranched alkanes of at least 4 members (excludes halogenated alkanes) is 1. The van der Waals surface area contributed by atoms with Gasteiger partial charge in [-0.3, -0.25) is 9.78 Å². The molecule has 0 unspecified atom stereocenters. The molecular formula is C17H23N3OS2. The van der Waals surface area contributed by atoms with Gasteiger partial charge in [-0.1, -0.05) is 13.3 Å². The Morgan fingerprint density at radius 1 is 1.35 bits per heavy atom. The molecule has 4 nitrogen and oxygen atoms in total. The minimum Gasteiger partial charge on any atom is -0.346 e. The molecule has 0 spiro atoms. The summed E-state index contributed by atoms with van der Waals surface area (Å²) in [4.78, 5) is 20.9. The van der Waals surface area contributed by atoms with E-state index in [1.165, 1.54) is 0 Å². The van der Waals surface area contributed by atoms with Crippen molar-refractivity contribution in [2.45, 2.75) is 44.9 Å². The molecule has 0 radical (unpaired) electrons. The van der Waals surface area contributed by atoms with Gasteiger partial charge >= 0.3 is 0 Å². The average molecular weight is 350 g/mol. The first-order valence-corrected chi connectivity index (χ1v) is 9.82. The Morgan fingerprint density at radius 2 is 2.09 bits per heavy atom. The smallest absolute Gasteiger partial charge is 0.233 e. The largest absolute Gasteiger partial charge is 0.346 e. The fourth-order valence-electron chi connectivity index (χ4n) is 2.01. The summed E-state index contributed by atoms with van der Waals surface area (Å²) in [5.41, 5.74) is 1.98. The third-order valence-corrected chi connectivity index (χ3v) is 5.73. The Balaban J connectivity index is 1.92. The Kier molecular flexibility index (Phi) is 7.05. The number of nitrogens with zero attached hydrogens (tertiary/aromatic N) is 2. The molecule has 0 bridgehead atoms. The van der Waals surface area contributed by atoms with Crippen LogP contribution in [0.2, 0.25) is 0 Å². The van der Waals surface area contributed by atoms with Gasteiger partial charge in [-0.25, -0.2) is 4.98 Å². The second-order valence-corrected chi connectivity index (χ2v) is 7.74. The summed E-state index contributed by atoms with van der Waals surface area (Å²) in [6.45, 7) is 6.11. The van der Waals surface area contributed by atoms with E-state index in [2.05, 4.69) is 22.2 Å². The molecule has 0 saturated heterocycles. The van der Waals surface area contributed by atoms with Crippen molar-refractivity contribution in [1.29, 1.82) is 0 Å². The predicted octanol–water partition coefficient (Wildman–Crippen LogP) is 4.30. The van der Waals surface area contributed by atoms with E-state index in [4.69, 9.17) is 0 Å². The minimum atomic E-state index is -0.0719. The molecule has 124 valence electrons. The van der Waals surface area contributed by atoms with Gasteiger partial charge in [0.25, 0.3) is 0 Å². The highest BCUT2D eigenvalue weighted by Gasteiger charge is 2.18. The van der Waals surface area contributed by atoms with Crippen LogP contribution in [0.25, 0.3) is 11.3 Å². The standard InChI is InChI=1S/C17H23N3OS2/c1-4-5-10-22-13(3)16(21)19-12(2)17-20-15(11-23-17)14-6-8-18-9-7-14/h6-9,11-13H,4-5,10H2,1-3H3,(H,19,21)/t12-,13-/m1/s1.